The highest BCUT2D eigenvalue weighted by molar-refractivity contribution is 5.75. The second kappa shape index (κ2) is 3.85. The van der Waals surface area contributed by atoms with Gasteiger partial charge in [0.05, 0.1) is 13.2 Å². The van der Waals surface area contributed by atoms with Gasteiger partial charge in [-0.3, -0.25) is 0 Å². The van der Waals surface area contributed by atoms with Crippen molar-refractivity contribution in [1.82, 2.24) is 0 Å². The van der Waals surface area contributed by atoms with Gasteiger partial charge in [0, 0.05) is 0 Å². The Bertz CT molecular complexity index is 168. The summed E-state index contributed by atoms with van der Waals surface area (Å²) in [6.45, 7) is 0. The minimum Gasteiger partial charge on any atom is -0.467 e. The average molecular weight is 176 g/mol. The van der Waals surface area contributed by atoms with Crippen LogP contribution in [0.4, 0.5) is 4.39 Å². The van der Waals surface area contributed by atoms with Gasteiger partial charge in [-0.05, 0) is 18.8 Å². The first-order valence-corrected chi connectivity index (χ1v) is 4.06. The highest BCUT2D eigenvalue weighted by Crippen LogP contribution is 2.31. The van der Waals surface area contributed by atoms with Crippen LogP contribution in [-0.2, 0) is 9.53 Å². The lowest BCUT2D eigenvalue weighted by Gasteiger charge is -2.30. The van der Waals surface area contributed by atoms with Crippen molar-refractivity contribution in [2.45, 2.75) is 31.5 Å². The van der Waals surface area contributed by atoms with Gasteiger partial charge in [0.15, 0.2) is 0 Å². The maximum atomic E-state index is 12.9. The van der Waals surface area contributed by atoms with Gasteiger partial charge in [0.2, 0.25) is 6.17 Å². The molecule has 0 aliphatic heterocycles. The average Bonchev–Trinajstić information content (AvgIpc) is 1.98. The summed E-state index contributed by atoms with van der Waals surface area (Å²) in [5.41, 5.74) is 0. The standard InChI is InChI=1S/C8H13FO3/c1-12-8(11)6(9)7(10)5-3-2-4-5/h5-7,10H,2-4H2,1H3. The highest BCUT2D eigenvalue weighted by Gasteiger charge is 2.36. The summed E-state index contributed by atoms with van der Waals surface area (Å²) >= 11 is 0. The fourth-order valence-corrected chi connectivity index (χ4v) is 1.27. The number of alkyl halides is 1. The molecule has 0 bridgehead atoms. The maximum absolute atomic E-state index is 12.9. The Balaban J connectivity index is 2.39. The van der Waals surface area contributed by atoms with Crippen molar-refractivity contribution in [1.29, 1.82) is 0 Å². The molecule has 0 heterocycles. The zero-order chi connectivity index (χ0) is 9.14. The smallest absolute Gasteiger partial charge is 0.343 e. The lowest BCUT2D eigenvalue weighted by molar-refractivity contribution is -0.153. The summed E-state index contributed by atoms with van der Waals surface area (Å²) in [4.78, 5) is 10.6. The van der Waals surface area contributed by atoms with E-state index >= 15 is 0 Å². The third kappa shape index (κ3) is 1.75. The third-order valence-corrected chi connectivity index (χ3v) is 2.36. The first-order valence-electron chi connectivity index (χ1n) is 4.06. The Hall–Kier alpha value is -0.640. The molecule has 1 saturated carbocycles. The van der Waals surface area contributed by atoms with Crippen molar-refractivity contribution >= 4 is 5.97 Å². The van der Waals surface area contributed by atoms with Gasteiger partial charge in [-0.15, -0.1) is 0 Å². The van der Waals surface area contributed by atoms with E-state index in [1.807, 2.05) is 0 Å². The molecule has 12 heavy (non-hydrogen) atoms. The molecule has 0 aromatic carbocycles. The van der Waals surface area contributed by atoms with Crippen LogP contribution in [-0.4, -0.2) is 30.5 Å². The Morgan fingerprint density at radius 2 is 2.25 bits per heavy atom. The fourth-order valence-electron chi connectivity index (χ4n) is 1.27. The van der Waals surface area contributed by atoms with Crippen molar-refractivity contribution in [3.63, 3.8) is 0 Å². The van der Waals surface area contributed by atoms with E-state index in [1.54, 1.807) is 0 Å². The molecule has 2 atom stereocenters. The van der Waals surface area contributed by atoms with Crippen LogP contribution < -0.4 is 0 Å². The number of rotatable bonds is 3. The normalized spacial score (nSPS) is 22.6. The molecule has 2 unspecified atom stereocenters. The van der Waals surface area contributed by atoms with Crippen molar-refractivity contribution in [3.05, 3.63) is 0 Å². The number of carbonyl (C=O) groups excluding carboxylic acids is 1. The molecule has 0 amide bonds. The summed E-state index contributed by atoms with van der Waals surface area (Å²) in [6, 6.07) is 0. The number of aliphatic hydroxyl groups is 1. The number of methoxy groups -OCH3 is 1. The molecule has 1 N–H and O–H groups in total. The van der Waals surface area contributed by atoms with Crippen molar-refractivity contribution < 1.29 is 19.0 Å². The van der Waals surface area contributed by atoms with E-state index in [1.165, 1.54) is 0 Å². The van der Waals surface area contributed by atoms with Gasteiger partial charge in [0.25, 0.3) is 0 Å². The highest BCUT2D eigenvalue weighted by atomic mass is 19.1. The minimum atomic E-state index is -1.87. The van der Waals surface area contributed by atoms with E-state index in [-0.39, 0.29) is 5.92 Å². The van der Waals surface area contributed by atoms with E-state index in [0.29, 0.717) is 0 Å². The van der Waals surface area contributed by atoms with Crippen LogP contribution in [0.5, 0.6) is 0 Å². The Morgan fingerprint density at radius 1 is 1.67 bits per heavy atom. The monoisotopic (exact) mass is 176 g/mol. The molecular formula is C8H13FO3. The van der Waals surface area contributed by atoms with Crippen LogP contribution in [0.25, 0.3) is 0 Å². The first-order chi connectivity index (χ1) is 5.66. The molecule has 0 aromatic heterocycles. The molecule has 0 saturated heterocycles. The Kier molecular flexibility index (Phi) is 3.03. The van der Waals surface area contributed by atoms with Crippen LogP contribution in [0, 0.1) is 5.92 Å². The SMILES string of the molecule is COC(=O)C(F)C(O)C1CCC1. The number of hydrogen-bond acceptors (Lipinski definition) is 3. The molecular weight excluding hydrogens is 163 g/mol. The van der Waals surface area contributed by atoms with E-state index in [0.717, 1.165) is 26.4 Å². The fraction of sp³-hybridized carbons (Fsp3) is 0.875. The molecule has 0 radical (unpaired) electrons. The van der Waals surface area contributed by atoms with E-state index in [4.69, 9.17) is 0 Å². The lowest BCUT2D eigenvalue weighted by atomic mass is 9.79. The van der Waals surface area contributed by atoms with Crippen LogP contribution in [0.15, 0.2) is 0 Å². The van der Waals surface area contributed by atoms with Gasteiger partial charge >= 0.3 is 5.97 Å². The quantitative estimate of drug-likeness (QED) is 0.642. The molecule has 4 heteroatoms. The second-order valence-electron chi connectivity index (χ2n) is 3.11. The molecule has 70 valence electrons. The number of esters is 1. The number of aliphatic hydroxyl groups excluding tert-OH is 1. The van der Waals surface area contributed by atoms with Crippen LogP contribution in [0.2, 0.25) is 0 Å². The molecule has 1 aliphatic rings. The minimum absolute atomic E-state index is 0.0564. The summed E-state index contributed by atoms with van der Waals surface area (Å²) in [6.07, 6.45) is -0.432. The topological polar surface area (TPSA) is 46.5 Å². The zero-order valence-electron chi connectivity index (χ0n) is 7.00. The molecule has 1 fully saturated rings. The summed E-state index contributed by atoms with van der Waals surface area (Å²) < 4.78 is 17.1. The van der Waals surface area contributed by atoms with Gasteiger partial charge in [-0.2, -0.15) is 0 Å². The molecule has 1 rings (SSSR count). The predicted octanol–water partition coefficient (Wildman–Crippen LogP) is 0.658. The summed E-state index contributed by atoms with van der Waals surface area (Å²) in [5, 5.41) is 9.26. The van der Waals surface area contributed by atoms with Crippen molar-refractivity contribution in [3.8, 4) is 0 Å². The number of halogens is 1. The summed E-state index contributed by atoms with van der Waals surface area (Å²) in [5.74, 6) is -1.03. The lowest BCUT2D eigenvalue weighted by Crippen LogP contribution is -2.39. The number of carbonyl (C=O) groups is 1. The van der Waals surface area contributed by atoms with Gasteiger partial charge in [-0.25, -0.2) is 9.18 Å². The van der Waals surface area contributed by atoms with E-state index < -0.39 is 18.2 Å². The van der Waals surface area contributed by atoms with E-state index in [9.17, 15) is 14.3 Å². The van der Waals surface area contributed by atoms with Gasteiger partial charge in [-0.1, -0.05) is 6.42 Å². The Labute approximate surface area is 70.5 Å². The molecule has 0 spiro atoms. The number of ether oxygens (including phenoxy) is 1. The van der Waals surface area contributed by atoms with Gasteiger partial charge < -0.3 is 9.84 Å². The van der Waals surface area contributed by atoms with Gasteiger partial charge in [0.1, 0.15) is 0 Å². The van der Waals surface area contributed by atoms with Crippen molar-refractivity contribution in [2.75, 3.05) is 7.11 Å². The van der Waals surface area contributed by atoms with Crippen LogP contribution >= 0.6 is 0 Å². The second-order valence-corrected chi connectivity index (χ2v) is 3.11. The Morgan fingerprint density at radius 3 is 2.58 bits per heavy atom. The molecule has 1 aliphatic carbocycles. The van der Waals surface area contributed by atoms with Crippen molar-refractivity contribution in [2.24, 2.45) is 5.92 Å². The van der Waals surface area contributed by atoms with Crippen LogP contribution in [0.3, 0.4) is 0 Å². The predicted molar refractivity (Wildman–Crippen MR) is 40.3 cm³/mol. The third-order valence-electron chi connectivity index (χ3n) is 2.36. The maximum Gasteiger partial charge on any atom is 0.343 e. The molecule has 0 aromatic rings. The number of hydrogen-bond donors (Lipinski definition) is 1. The van der Waals surface area contributed by atoms with Crippen LogP contribution in [0.1, 0.15) is 19.3 Å². The first kappa shape index (κ1) is 9.45. The summed E-state index contributed by atoms with van der Waals surface area (Å²) in [7, 11) is 1.11. The van der Waals surface area contributed by atoms with E-state index in [2.05, 4.69) is 4.74 Å². The zero-order valence-corrected chi connectivity index (χ0v) is 7.00. The largest absolute Gasteiger partial charge is 0.467 e. The molecule has 3 nitrogen and oxygen atoms in total.